The molecule has 142 valence electrons. The maximum atomic E-state index is 12.6. The van der Waals surface area contributed by atoms with Crippen molar-refractivity contribution >= 4 is 39.7 Å². The standard InChI is InChI=1S/C23H21ClN2OS/c24-19-10-11-20-18(14-19)15-21(22-9-5-13-28-22)26(20)16-23(27)25-12-4-8-17-6-2-1-3-7-17/h1-3,5-7,9-11,13-15H,4,8,12,16H2,(H,25,27). The third-order valence-corrected chi connectivity index (χ3v) is 5.87. The maximum absolute atomic E-state index is 12.6. The van der Waals surface area contributed by atoms with E-state index in [1.807, 2.05) is 47.8 Å². The zero-order valence-corrected chi connectivity index (χ0v) is 17.0. The Morgan fingerprint density at radius 1 is 1.04 bits per heavy atom. The Hall–Kier alpha value is -2.56. The third-order valence-electron chi connectivity index (χ3n) is 4.75. The summed E-state index contributed by atoms with van der Waals surface area (Å²) >= 11 is 7.83. The average molecular weight is 409 g/mol. The number of carbonyl (C=O) groups is 1. The van der Waals surface area contributed by atoms with Crippen LogP contribution in [0.1, 0.15) is 12.0 Å². The van der Waals surface area contributed by atoms with Crippen LogP contribution in [-0.4, -0.2) is 17.0 Å². The van der Waals surface area contributed by atoms with E-state index in [2.05, 4.69) is 34.1 Å². The Morgan fingerprint density at radius 3 is 2.68 bits per heavy atom. The topological polar surface area (TPSA) is 34.0 Å². The first-order valence-electron chi connectivity index (χ1n) is 9.34. The molecule has 0 saturated heterocycles. The summed E-state index contributed by atoms with van der Waals surface area (Å²) in [4.78, 5) is 13.7. The number of hydrogen-bond acceptors (Lipinski definition) is 2. The van der Waals surface area contributed by atoms with Gasteiger partial charge >= 0.3 is 0 Å². The second-order valence-corrected chi connectivity index (χ2v) is 8.12. The summed E-state index contributed by atoms with van der Waals surface area (Å²) in [7, 11) is 0. The number of carbonyl (C=O) groups excluding carboxylic acids is 1. The van der Waals surface area contributed by atoms with Crippen molar-refractivity contribution in [1.82, 2.24) is 9.88 Å². The molecule has 0 aliphatic heterocycles. The van der Waals surface area contributed by atoms with Crippen molar-refractivity contribution in [3.8, 4) is 10.6 Å². The monoisotopic (exact) mass is 408 g/mol. The SMILES string of the molecule is O=C(Cn1c(-c2cccs2)cc2cc(Cl)ccc21)NCCCc1ccccc1. The molecule has 1 amide bonds. The highest BCUT2D eigenvalue weighted by Crippen LogP contribution is 2.32. The summed E-state index contributed by atoms with van der Waals surface area (Å²) in [6, 6.07) is 22.4. The van der Waals surface area contributed by atoms with Crippen molar-refractivity contribution < 1.29 is 4.79 Å². The number of aryl methyl sites for hydroxylation is 1. The van der Waals surface area contributed by atoms with Gasteiger partial charge < -0.3 is 9.88 Å². The van der Waals surface area contributed by atoms with E-state index in [-0.39, 0.29) is 5.91 Å². The first-order valence-corrected chi connectivity index (χ1v) is 10.6. The van der Waals surface area contributed by atoms with E-state index in [4.69, 9.17) is 11.6 Å². The number of halogens is 1. The number of amides is 1. The molecule has 0 bridgehead atoms. The number of aromatic nitrogens is 1. The van der Waals surface area contributed by atoms with Gasteiger partial charge in [-0.1, -0.05) is 48.0 Å². The molecule has 0 atom stereocenters. The Balaban J connectivity index is 1.46. The van der Waals surface area contributed by atoms with Crippen molar-refractivity contribution in [3.63, 3.8) is 0 Å². The Labute approximate surface area is 173 Å². The normalized spacial score (nSPS) is 11.0. The van der Waals surface area contributed by atoms with Gasteiger partial charge in [-0.05, 0) is 54.1 Å². The smallest absolute Gasteiger partial charge is 0.239 e. The minimum Gasteiger partial charge on any atom is -0.355 e. The molecule has 0 saturated carbocycles. The second kappa shape index (κ2) is 8.63. The lowest BCUT2D eigenvalue weighted by Gasteiger charge is -2.11. The van der Waals surface area contributed by atoms with E-state index >= 15 is 0 Å². The van der Waals surface area contributed by atoms with Crippen LogP contribution in [0.2, 0.25) is 5.02 Å². The number of nitrogens with zero attached hydrogens (tertiary/aromatic N) is 1. The van der Waals surface area contributed by atoms with E-state index in [1.165, 1.54) is 5.56 Å². The molecule has 0 spiro atoms. The van der Waals surface area contributed by atoms with E-state index in [0.717, 1.165) is 34.3 Å². The van der Waals surface area contributed by atoms with Gasteiger partial charge in [0.15, 0.2) is 0 Å². The van der Waals surface area contributed by atoms with Crippen LogP contribution >= 0.6 is 22.9 Å². The maximum Gasteiger partial charge on any atom is 0.239 e. The van der Waals surface area contributed by atoms with Gasteiger partial charge in [-0.15, -0.1) is 11.3 Å². The van der Waals surface area contributed by atoms with Gasteiger partial charge in [0, 0.05) is 22.5 Å². The van der Waals surface area contributed by atoms with E-state index < -0.39 is 0 Å². The zero-order valence-electron chi connectivity index (χ0n) is 15.4. The molecule has 4 aromatic rings. The summed E-state index contributed by atoms with van der Waals surface area (Å²) < 4.78 is 2.07. The molecule has 4 rings (SSSR count). The van der Waals surface area contributed by atoms with E-state index in [1.54, 1.807) is 11.3 Å². The summed E-state index contributed by atoms with van der Waals surface area (Å²) in [5.74, 6) is 0.0262. The van der Waals surface area contributed by atoms with Crippen LogP contribution in [0.3, 0.4) is 0 Å². The fourth-order valence-electron chi connectivity index (χ4n) is 3.41. The Kier molecular flexibility index (Phi) is 5.79. The van der Waals surface area contributed by atoms with Gasteiger partial charge in [-0.25, -0.2) is 0 Å². The largest absolute Gasteiger partial charge is 0.355 e. The molecule has 0 fully saturated rings. The number of hydrogen-bond donors (Lipinski definition) is 1. The van der Waals surface area contributed by atoms with Crippen molar-refractivity contribution in [3.05, 3.63) is 82.7 Å². The third kappa shape index (κ3) is 4.29. The predicted octanol–water partition coefficient (Wildman–Crippen LogP) is 5.77. The molecule has 0 aliphatic rings. The average Bonchev–Trinajstić information content (AvgIpc) is 3.34. The minimum atomic E-state index is 0.0262. The summed E-state index contributed by atoms with van der Waals surface area (Å²) in [5, 5.41) is 6.86. The highest BCUT2D eigenvalue weighted by molar-refractivity contribution is 7.13. The predicted molar refractivity (Wildman–Crippen MR) is 118 cm³/mol. The fraction of sp³-hybridized carbons (Fsp3) is 0.174. The number of rotatable bonds is 7. The van der Waals surface area contributed by atoms with Crippen LogP contribution in [0.5, 0.6) is 0 Å². The highest BCUT2D eigenvalue weighted by Gasteiger charge is 2.14. The second-order valence-electron chi connectivity index (χ2n) is 6.74. The van der Waals surface area contributed by atoms with Gasteiger partial charge in [0.05, 0.1) is 10.6 Å². The molecule has 0 radical (unpaired) electrons. The van der Waals surface area contributed by atoms with Crippen molar-refractivity contribution in [1.29, 1.82) is 0 Å². The lowest BCUT2D eigenvalue weighted by molar-refractivity contribution is -0.121. The van der Waals surface area contributed by atoms with Gasteiger partial charge in [0.25, 0.3) is 0 Å². The molecule has 0 aliphatic carbocycles. The van der Waals surface area contributed by atoms with Crippen LogP contribution in [0.4, 0.5) is 0 Å². The van der Waals surface area contributed by atoms with Crippen molar-refractivity contribution in [2.24, 2.45) is 0 Å². The van der Waals surface area contributed by atoms with Crippen molar-refractivity contribution in [2.45, 2.75) is 19.4 Å². The quantitative estimate of drug-likeness (QED) is 0.387. The van der Waals surface area contributed by atoms with Crippen LogP contribution in [0.15, 0.2) is 72.1 Å². The summed E-state index contributed by atoms with van der Waals surface area (Å²) in [6.45, 7) is 0.969. The van der Waals surface area contributed by atoms with Crippen LogP contribution in [0, 0.1) is 0 Å². The molecule has 3 nitrogen and oxygen atoms in total. The Morgan fingerprint density at radius 2 is 1.89 bits per heavy atom. The van der Waals surface area contributed by atoms with Gasteiger partial charge in [0.1, 0.15) is 6.54 Å². The lowest BCUT2D eigenvalue weighted by Crippen LogP contribution is -2.28. The molecule has 2 aromatic heterocycles. The van der Waals surface area contributed by atoms with E-state index in [9.17, 15) is 4.79 Å². The molecule has 5 heteroatoms. The molecule has 2 heterocycles. The molecular formula is C23H21ClN2OS. The van der Waals surface area contributed by atoms with Crippen molar-refractivity contribution in [2.75, 3.05) is 6.54 Å². The molecule has 0 unspecified atom stereocenters. The summed E-state index contributed by atoms with van der Waals surface area (Å²) in [6.07, 6.45) is 1.89. The molecule has 2 aromatic carbocycles. The van der Waals surface area contributed by atoms with Gasteiger partial charge in [0.2, 0.25) is 5.91 Å². The van der Waals surface area contributed by atoms with E-state index in [0.29, 0.717) is 18.1 Å². The number of thiophene rings is 1. The molecule has 28 heavy (non-hydrogen) atoms. The lowest BCUT2D eigenvalue weighted by atomic mass is 10.1. The van der Waals surface area contributed by atoms with Crippen LogP contribution in [0.25, 0.3) is 21.5 Å². The van der Waals surface area contributed by atoms with Gasteiger partial charge in [-0.2, -0.15) is 0 Å². The van der Waals surface area contributed by atoms with Crippen LogP contribution in [-0.2, 0) is 17.8 Å². The molecular weight excluding hydrogens is 388 g/mol. The van der Waals surface area contributed by atoms with Gasteiger partial charge in [-0.3, -0.25) is 4.79 Å². The molecule has 1 N–H and O–H groups in total. The summed E-state index contributed by atoms with van der Waals surface area (Å²) in [5.41, 5.74) is 3.36. The zero-order chi connectivity index (χ0) is 19.3. The number of benzene rings is 2. The number of fused-ring (bicyclic) bond motifs is 1. The Bertz CT molecular complexity index is 1070. The first-order chi connectivity index (χ1) is 13.7. The fourth-order valence-corrected chi connectivity index (χ4v) is 4.34. The minimum absolute atomic E-state index is 0.0262. The number of nitrogens with one attached hydrogen (secondary N) is 1. The van der Waals surface area contributed by atoms with Crippen LogP contribution < -0.4 is 5.32 Å². The highest BCUT2D eigenvalue weighted by atomic mass is 35.5. The first kappa shape index (κ1) is 18.8.